The topological polar surface area (TPSA) is 8.81 Å². The zero-order chi connectivity index (χ0) is 9.52. The molecule has 0 amide bonds. The third kappa shape index (κ3) is 4.11. The fourth-order valence-electron chi connectivity index (χ4n) is 1.53. The van der Waals surface area contributed by atoms with Crippen molar-refractivity contribution in [1.82, 2.24) is 4.57 Å². The third-order valence-electron chi connectivity index (χ3n) is 2.34. The van der Waals surface area contributed by atoms with Crippen molar-refractivity contribution in [3.63, 3.8) is 0 Å². The SMILES string of the molecule is CCCCCCCn1cc[n+](C)c1. The largest absolute Gasteiger partial charge is 0.243 e. The Morgan fingerprint density at radius 1 is 1.15 bits per heavy atom. The first-order valence-corrected chi connectivity index (χ1v) is 5.34. The molecule has 0 bridgehead atoms. The molecule has 0 fully saturated rings. The van der Waals surface area contributed by atoms with Gasteiger partial charge in [0.2, 0.25) is 6.33 Å². The molecule has 74 valence electrons. The average molecular weight is 181 g/mol. The van der Waals surface area contributed by atoms with Crippen molar-refractivity contribution >= 4 is 0 Å². The first-order chi connectivity index (χ1) is 6.33. The van der Waals surface area contributed by atoms with Crippen LogP contribution in [0.25, 0.3) is 0 Å². The Balaban J connectivity index is 2.06. The Labute approximate surface area is 81.2 Å². The summed E-state index contributed by atoms with van der Waals surface area (Å²) in [5.41, 5.74) is 0. The fraction of sp³-hybridized carbons (Fsp3) is 0.727. The first kappa shape index (κ1) is 10.3. The molecule has 0 radical (unpaired) electrons. The lowest BCUT2D eigenvalue weighted by Gasteiger charge is -1.97. The number of rotatable bonds is 6. The van der Waals surface area contributed by atoms with Crippen molar-refractivity contribution in [2.45, 2.75) is 45.6 Å². The summed E-state index contributed by atoms with van der Waals surface area (Å²) in [6.45, 7) is 3.43. The van der Waals surface area contributed by atoms with E-state index >= 15 is 0 Å². The number of aryl methyl sites for hydroxylation is 2. The maximum Gasteiger partial charge on any atom is 0.243 e. The van der Waals surface area contributed by atoms with Crippen molar-refractivity contribution in [3.8, 4) is 0 Å². The Morgan fingerprint density at radius 2 is 1.92 bits per heavy atom. The molecule has 0 saturated carbocycles. The highest BCUT2D eigenvalue weighted by atomic mass is 15.1. The molecule has 1 heterocycles. The number of imidazole rings is 1. The molecule has 0 spiro atoms. The lowest BCUT2D eigenvalue weighted by Crippen LogP contribution is -2.23. The van der Waals surface area contributed by atoms with Gasteiger partial charge in [0.1, 0.15) is 12.4 Å². The Morgan fingerprint density at radius 3 is 2.54 bits per heavy atom. The number of unbranched alkanes of at least 4 members (excludes halogenated alkanes) is 4. The minimum Gasteiger partial charge on any atom is -0.240 e. The van der Waals surface area contributed by atoms with E-state index in [-0.39, 0.29) is 0 Å². The molecule has 0 atom stereocenters. The molecular weight excluding hydrogens is 160 g/mol. The van der Waals surface area contributed by atoms with Gasteiger partial charge in [0, 0.05) is 0 Å². The van der Waals surface area contributed by atoms with E-state index in [0.717, 1.165) is 0 Å². The Hall–Kier alpha value is -0.790. The average Bonchev–Trinajstić information content (AvgIpc) is 2.51. The normalized spacial score (nSPS) is 10.6. The van der Waals surface area contributed by atoms with Gasteiger partial charge in [0.05, 0.1) is 13.6 Å². The highest BCUT2D eigenvalue weighted by Gasteiger charge is 1.98. The van der Waals surface area contributed by atoms with E-state index in [2.05, 4.69) is 41.8 Å². The van der Waals surface area contributed by atoms with E-state index in [1.165, 1.54) is 38.6 Å². The lowest BCUT2D eigenvalue weighted by molar-refractivity contribution is -0.671. The van der Waals surface area contributed by atoms with Gasteiger partial charge in [-0.25, -0.2) is 9.13 Å². The highest BCUT2D eigenvalue weighted by molar-refractivity contribution is 4.65. The van der Waals surface area contributed by atoms with Crippen molar-refractivity contribution in [1.29, 1.82) is 0 Å². The van der Waals surface area contributed by atoms with Crippen LogP contribution in [0.15, 0.2) is 18.7 Å². The van der Waals surface area contributed by atoms with Crippen LogP contribution in [-0.2, 0) is 13.6 Å². The minimum atomic E-state index is 1.17. The number of nitrogens with zero attached hydrogens (tertiary/aromatic N) is 2. The molecular formula is C11H21N2+. The van der Waals surface area contributed by atoms with E-state index in [9.17, 15) is 0 Å². The van der Waals surface area contributed by atoms with Gasteiger partial charge in [-0.15, -0.1) is 0 Å². The van der Waals surface area contributed by atoms with Gasteiger partial charge in [0.15, 0.2) is 0 Å². The summed E-state index contributed by atoms with van der Waals surface area (Å²) in [5, 5.41) is 0. The van der Waals surface area contributed by atoms with Crippen molar-refractivity contribution in [3.05, 3.63) is 18.7 Å². The molecule has 0 aliphatic heterocycles. The molecule has 13 heavy (non-hydrogen) atoms. The zero-order valence-electron chi connectivity index (χ0n) is 8.87. The highest BCUT2D eigenvalue weighted by Crippen LogP contribution is 2.03. The van der Waals surface area contributed by atoms with Gasteiger partial charge < -0.3 is 0 Å². The number of aromatic nitrogens is 2. The number of hydrogen-bond donors (Lipinski definition) is 0. The Kier molecular flexibility index (Phi) is 4.58. The molecule has 1 aromatic rings. The summed E-state index contributed by atoms with van der Waals surface area (Å²) in [7, 11) is 2.06. The molecule has 1 aromatic heterocycles. The Bertz CT molecular complexity index is 228. The second-order valence-corrected chi connectivity index (χ2v) is 3.73. The summed E-state index contributed by atoms with van der Waals surface area (Å²) >= 11 is 0. The fourth-order valence-corrected chi connectivity index (χ4v) is 1.53. The smallest absolute Gasteiger partial charge is 0.240 e. The summed E-state index contributed by atoms with van der Waals surface area (Å²) < 4.78 is 4.35. The number of hydrogen-bond acceptors (Lipinski definition) is 0. The molecule has 0 aliphatic carbocycles. The monoisotopic (exact) mass is 181 g/mol. The summed E-state index contributed by atoms with van der Waals surface area (Å²) in [5.74, 6) is 0. The molecule has 0 aliphatic rings. The molecule has 0 aromatic carbocycles. The quantitative estimate of drug-likeness (QED) is 0.470. The van der Waals surface area contributed by atoms with E-state index < -0.39 is 0 Å². The maximum atomic E-state index is 2.26. The van der Waals surface area contributed by atoms with E-state index in [4.69, 9.17) is 0 Å². The molecule has 0 saturated heterocycles. The van der Waals surface area contributed by atoms with Crippen LogP contribution in [0.2, 0.25) is 0 Å². The predicted octanol–water partition coefficient (Wildman–Crippen LogP) is 2.28. The molecule has 2 nitrogen and oxygen atoms in total. The van der Waals surface area contributed by atoms with Gasteiger partial charge in [0.25, 0.3) is 0 Å². The molecule has 2 heteroatoms. The van der Waals surface area contributed by atoms with E-state index in [1.807, 2.05) is 0 Å². The molecule has 0 N–H and O–H groups in total. The van der Waals surface area contributed by atoms with Crippen LogP contribution in [0, 0.1) is 0 Å². The van der Waals surface area contributed by atoms with Gasteiger partial charge in [-0.05, 0) is 12.8 Å². The third-order valence-corrected chi connectivity index (χ3v) is 2.34. The van der Waals surface area contributed by atoms with Gasteiger partial charge in [-0.3, -0.25) is 0 Å². The van der Waals surface area contributed by atoms with Crippen LogP contribution >= 0.6 is 0 Å². The van der Waals surface area contributed by atoms with Gasteiger partial charge in [-0.2, -0.15) is 0 Å². The van der Waals surface area contributed by atoms with Crippen LogP contribution in [0.5, 0.6) is 0 Å². The molecule has 0 unspecified atom stereocenters. The summed E-state index contributed by atoms with van der Waals surface area (Å²) in [6, 6.07) is 0. The first-order valence-electron chi connectivity index (χ1n) is 5.34. The van der Waals surface area contributed by atoms with Crippen molar-refractivity contribution < 1.29 is 4.57 Å². The van der Waals surface area contributed by atoms with Crippen LogP contribution in [-0.4, -0.2) is 4.57 Å². The molecule has 1 rings (SSSR count). The van der Waals surface area contributed by atoms with Gasteiger partial charge >= 0.3 is 0 Å². The van der Waals surface area contributed by atoms with Crippen LogP contribution in [0.3, 0.4) is 0 Å². The maximum absolute atomic E-state index is 2.26. The lowest BCUT2D eigenvalue weighted by atomic mass is 10.1. The van der Waals surface area contributed by atoms with Crippen molar-refractivity contribution in [2.24, 2.45) is 7.05 Å². The van der Waals surface area contributed by atoms with Crippen LogP contribution in [0.1, 0.15) is 39.0 Å². The summed E-state index contributed by atoms with van der Waals surface area (Å²) in [4.78, 5) is 0. The van der Waals surface area contributed by atoms with Crippen LogP contribution in [0.4, 0.5) is 0 Å². The van der Waals surface area contributed by atoms with E-state index in [1.54, 1.807) is 0 Å². The van der Waals surface area contributed by atoms with Crippen molar-refractivity contribution in [2.75, 3.05) is 0 Å². The van der Waals surface area contributed by atoms with Crippen LogP contribution < -0.4 is 4.57 Å². The van der Waals surface area contributed by atoms with E-state index in [0.29, 0.717) is 0 Å². The minimum absolute atomic E-state index is 1.17. The zero-order valence-corrected chi connectivity index (χ0v) is 8.87. The summed E-state index contributed by atoms with van der Waals surface area (Å²) in [6.07, 6.45) is 13.2. The second-order valence-electron chi connectivity index (χ2n) is 3.73. The van der Waals surface area contributed by atoms with Gasteiger partial charge in [-0.1, -0.05) is 26.2 Å². The predicted molar refractivity (Wildman–Crippen MR) is 54.4 cm³/mol. The standard InChI is InChI=1S/C11H21N2/c1-3-4-5-6-7-8-13-10-9-12(2)11-13/h9-11H,3-8H2,1-2H3/q+1. The second kappa shape index (κ2) is 5.79.